The number of nitrogens with one attached hydrogen (secondary N) is 1. The van der Waals surface area contributed by atoms with Crippen molar-refractivity contribution in [3.05, 3.63) is 18.2 Å². The minimum Gasteiger partial charge on any atom is -0.494 e. The molecule has 18 heavy (non-hydrogen) atoms. The predicted octanol–water partition coefficient (Wildman–Crippen LogP) is 2.51. The molecule has 0 aromatic heterocycles. The monoisotopic (exact) mass is 250 g/mol. The molecule has 3 N–H and O–H groups in total. The molecular weight excluding hydrogens is 228 g/mol. The maximum Gasteiger partial charge on any atom is 0.123 e. The summed E-state index contributed by atoms with van der Waals surface area (Å²) in [4.78, 5) is 0. The van der Waals surface area contributed by atoms with Gasteiger partial charge in [0.1, 0.15) is 5.75 Å². The molecule has 1 atom stereocenters. The highest BCUT2D eigenvalue weighted by Crippen LogP contribution is 2.23. The van der Waals surface area contributed by atoms with Crippen LogP contribution in [0.15, 0.2) is 18.2 Å². The van der Waals surface area contributed by atoms with E-state index in [1.54, 1.807) is 0 Å². The zero-order valence-electron chi connectivity index (χ0n) is 10.9. The molecule has 0 aliphatic carbocycles. The van der Waals surface area contributed by atoms with Crippen molar-refractivity contribution in [3.8, 4) is 5.75 Å². The van der Waals surface area contributed by atoms with Crippen molar-refractivity contribution in [2.45, 2.75) is 19.8 Å². The summed E-state index contributed by atoms with van der Waals surface area (Å²) in [5.41, 5.74) is 7.60. The van der Waals surface area contributed by atoms with E-state index in [1.807, 2.05) is 25.1 Å². The Balaban J connectivity index is 1.91. The van der Waals surface area contributed by atoms with Crippen molar-refractivity contribution >= 4 is 11.4 Å². The fraction of sp³-hybridized carbons (Fsp3) is 0.571. The standard InChI is InChI=1S/C14H22N2O2/c1-2-18-14-7-12(15)6-13(8-14)16-9-11-4-3-5-17-10-11/h6-8,11,16H,2-5,9-10,15H2,1H3. The summed E-state index contributed by atoms with van der Waals surface area (Å²) in [6.07, 6.45) is 2.39. The molecule has 1 aromatic rings. The molecule has 4 nitrogen and oxygen atoms in total. The Morgan fingerprint density at radius 3 is 3.06 bits per heavy atom. The molecule has 1 aromatic carbocycles. The molecule has 1 aliphatic rings. The van der Waals surface area contributed by atoms with Gasteiger partial charge in [0.05, 0.1) is 13.2 Å². The lowest BCUT2D eigenvalue weighted by molar-refractivity contribution is 0.0595. The van der Waals surface area contributed by atoms with Gasteiger partial charge in [0.15, 0.2) is 0 Å². The predicted molar refractivity (Wildman–Crippen MR) is 74.1 cm³/mol. The highest BCUT2D eigenvalue weighted by atomic mass is 16.5. The molecule has 1 fully saturated rings. The van der Waals surface area contributed by atoms with Crippen molar-refractivity contribution in [2.75, 3.05) is 37.4 Å². The van der Waals surface area contributed by atoms with Gasteiger partial charge < -0.3 is 20.5 Å². The third-order valence-corrected chi connectivity index (χ3v) is 3.09. The van der Waals surface area contributed by atoms with Gasteiger partial charge in [-0.3, -0.25) is 0 Å². The van der Waals surface area contributed by atoms with Crippen LogP contribution < -0.4 is 15.8 Å². The van der Waals surface area contributed by atoms with E-state index >= 15 is 0 Å². The topological polar surface area (TPSA) is 56.5 Å². The first-order valence-electron chi connectivity index (χ1n) is 6.63. The number of anilines is 2. The third-order valence-electron chi connectivity index (χ3n) is 3.09. The second-order valence-electron chi connectivity index (χ2n) is 4.69. The van der Waals surface area contributed by atoms with E-state index in [9.17, 15) is 0 Å². The van der Waals surface area contributed by atoms with Crippen LogP contribution in [0, 0.1) is 5.92 Å². The normalized spacial score (nSPS) is 19.5. The van der Waals surface area contributed by atoms with Gasteiger partial charge in [-0.25, -0.2) is 0 Å². The lowest BCUT2D eigenvalue weighted by Gasteiger charge is -2.22. The van der Waals surface area contributed by atoms with Crippen LogP contribution in [0.5, 0.6) is 5.75 Å². The maximum absolute atomic E-state index is 5.85. The number of nitrogen functional groups attached to an aromatic ring is 1. The molecule has 0 bridgehead atoms. The fourth-order valence-corrected chi connectivity index (χ4v) is 2.20. The van der Waals surface area contributed by atoms with Crippen molar-refractivity contribution in [2.24, 2.45) is 5.92 Å². The Morgan fingerprint density at radius 1 is 1.44 bits per heavy atom. The smallest absolute Gasteiger partial charge is 0.123 e. The molecule has 4 heteroatoms. The molecule has 1 saturated heterocycles. The third kappa shape index (κ3) is 3.81. The van der Waals surface area contributed by atoms with E-state index in [0.29, 0.717) is 12.5 Å². The van der Waals surface area contributed by atoms with Crippen LogP contribution in [0.4, 0.5) is 11.4 Å². The Labute approximate surface area is 108 Å². The minimum atomic E-state index is 0.593. The second-order valence-corrected chi connectivity index (χ2v) is 4.69. The average molecular weight is 250 g/mol. The molecule has 1 unspecified atom stereocenters. The summed E-state index contributed by atoms with van der Waals surface area (Å²) < 4.78 is 10.9. The van der Waals surface area contributed by atoms with Crippen LogP contribution >= 0.6 is 0 Å². The number of nitrogens with two attached hydrogens (primary N) is 1. The van der Waals surface area contributed by atoms with Gasteiger partial charge in [0, 0.05) is 36.7 Å². The van der Waals surface area contributed by atoms with Gasteiger partial charge >= 0.3 is 0 Å². The Kier molecular flexibility index (Phi) is 4.70. The highest BCUT2D eigenvalue weighted by molar-refractivity contribution is 5.59. The highest BCUT2D eigenvalue weighted by Gasteiger charge is 2.13. The van der Waals surface area contributed by atoms with E-state index in [-0.39, 0.29) is 0 Å². The molecule has 0 amide bonds. The molecule has 2 rings (SSSR count). The van der Waals surface area contributed by atoms with Crippen LogP contribution in [-0.4, -0.2) is 26.4 Å². The van der Waals surface area contributed by atoms with E-state index in [0.717, 1.165) is 43.3 Å². The molecular formula is C14H22N2O2. The Hall–Kier alpha value is -1.42. The summed E-state index contributed by atoms with van der Waals surface area (Å²) in [5.74, 6) is 1.41. The maximum atomic E-state index is 5.85. The molecule has 1 heterocycles. The van der Waals surface area contributed by atoms with Gasteiger partial charge in [-0.1, -0.05) is 0 Å². The number of hydrogen-bond acceptors (Lipinski definition) is 4. The van der Waals surface area contributed by atoms with Crippen molar-refractivity contribution in [3.63, 3.8) is 0 Å². The molecule has 0 radical (unpaired) electrons. The first-order chi connectivity index (χ1) is 8.78. The fourth-order valence-electron chi connectivity index (χ4n) is 2.20. The van der Waals surface area contributed by atoms with Gasteiger partial charge in [-0.05, 0) is 31.7 Å². The van der Waals surface area contributed by atoms with Crippen LogP contribution in [0.1, 0.15) is 19.8 Å². The average Bonchev–Trinajstić information content (AvgIpc) is 2.37. The Morgan fingerprint density at radius 2 is 2.33 bits per heavy atom. The van der Waals surface area contributed by atoms with E-state index in [2.05, 4.69) is 5.32 Å². The quantitative estimate of drug-likeness (QED) is 0.788. The van der Waals surface area contributed by atoms with Crippen molar-refractivity contribution < 1.29 is 9.47 Å². The lowest BCUT2D eigenvalue weighted by Crippen LogP contribution is -2.24. The lowest BCUT2D eigenvalue weighted by atomic mass is 10.0. The van der Waals surface area contributed by atoms with Crippen LogP contribution in [0.25, 0.3) is 0 Å². The summed E-state index contributed by atoms with van der Waals surface area (Å²) in [6, 6.07) is 5.77. The zero-order valence-corrected chi connectivity index (χ0v) is 10.9. The van der Waals surface area contributed by atoms with E-state index in [4.69, 9.17) is 15.2 Å². The number of benzene rings is 1. The van der Waals surface area contributed by atoms with Gasteiger partial charge in [-0.2, -0.15) is 0 Å². The molecule has 0 saturated carbocycles. The summed E-state index contributed by atoms with van der Waals surface area (Å²) in [5, 5.41) is 3.41. The largest absolute Gasteiger partial charge is 0.494 e. The number of rotatable bonds is 5. The summed E-state index contributed by atoms with van der Waals surface area (Å²) in [6.45, 7) is 5.31. The first-order valence-corrected chi connectivity index (χ1v) is 6.63. The first kappa shape index (κ1) is 13.0. The number of ether oxygens (including phenoxy) is 2. The van der Waals surface area contributed by atoms with E-state index in [1.165, 1.54) is 6.42 Å². The number of hydrogen-bond donors (Lipinski definition) is 2. The van der Waals surface area contributed by atoms with Crippen molar-refractivity contribution in [1.29, 1.82) is 0 Å². The van der Waals surface area contributed by atoms with Crippen LogP contribution in [0.3, 0.4) is 0 Å². The van der Waals surface area contributed by atoms with E-state index < -0.39 is 0 Å². The minimum absolute atomic E-state index is 0.593. The van der Waals surface area contributed by atoms with Gasteiger partial charge in [-0.15, -0.1) is 0 Å². The Bertz CT molecular complexity index is 376. The SMILES string of the molecule is CCOc1cc(N)cc(NCC2CCCOC2)c1. The summed E-state index contributed by atoms with van der Waals surface area (Å²) in [7, 11) is 0. The van der Waals surface area contributed by atoms with Crippen molar-refractivity contribution in [1.82, 2.24) is 0 Å². The summed E-state index contributed by atoms with van der Waals surface area (Å²) >= 11 is 0. The second kappa shape index (κ2) is 6.50. The zero-order chi connectivity index (χ0) is 12.8. The molecule has 1 aliphatic heterocycles. The van der Waals surface area contributed by atoms with Gasteiger partial charge in [0.25, 0.3) is 0 Å². The van der Waals surface area contributed by atoms with Gasteiger partial charge in [0.2, 0.25) is 0 Å². The van der Waals surface area contributed by atoms with Crippen LogP contribution in [-0.2, 0) is 4.74 Å². The molecule has 100 valence electrons. The molecule has 0 spiro atoms. The van der Waals surface area contributed by atoms with Crippen LogP contribution in [0.2, 0.25) is 0 Å².